The van der Waals surface area contributed by atoms with E-state index in [1.807, 2.05) is 50.2 Å². The number of aromatic nitrogens is 2. The van der Waals surface area contributed by atoms with Crippen molar-refractivity contribution in [3.05, 3.63) is 36.0 Å². The Morgan fingerprint density at radius 3 is 2.75 bits per heavy atom. The number of fused-ring (bicyclic) bond motifs is 1. The molecule has 1 aliphatic rings. The molecule has 0 spiro atoms. The number of amides is 1. The first-order valence-corrected chi connectivity index (χ1v) is 6.29. The van der Waals surface area contributed by atoms with Gasteiger partial charge in [0, 0.05) is 20.3 Å². The molecule has 1 N–H and O–H groups in total. The molecule has 1 aromatic carbocycles. The van der Waals surface area contributed by atoms with Gasteiger partial charge in [0.2, 0.25) is 5.95 Å². The molecule has 2 aromatic rings. The van der Waals surface area contributed by atoms with Crippen LogP contribution in [0.15, 0.2) is 41.1 Å². The molecule has 0 unspecified atom stereocenters. The molecular formula is C14H15N5O. The summed E-state index contributed by atoms with van der Waals surface area (Å²) in [5.41, 5.74) is 2.96. The second kappa shape index (κ2) is 4.48. The average Bonchev–Trinajstić information content (AvgIpc) is 2.94. The number of imidazole rings is 1. The van der Waals surface area contributed by atoms with Gasteiger partial charge in [-0.05, 0) is 19.1 Å². The van der Waals surface area contributed by atoms with E-state index in [9.17, 15) is 4.79 Å². The number of anilines is 1. The molecule has 0 atom stereocenters. The predicted octanol–water partition coefficient (Wildman–Crippen LogP) is 1.73. The van der Waals surface area contributed by atoms with Crippen LogP contribution in [0, 0.1) is 0 Å². The summed E-state index contributed by atoms with van der Waals surface area (Å²) in [5.74, 6) is 0.271. The van der Waals surface area contributed by atoms with Crippen molar-refractivity contribution < 1.29 is 4.79 Å². The SMILES string of the molecule is CC1=NN(c2nc3ccccc3[nH]2)C(=O)/C1=C\N(C)C. The van der Waals surface area contributed by atoms with Crippen LogP contribution in [0.25, 0.3) is 11.0 Å². The van der Waals surface area contributed by atoms with Gasteiger partial charge in [-0.1, -0.05) is 12.1 Å². The Kier molecular flexibility index (Phi) is 2.78. The van der Waals surface area contributed by atoms with E-state index in [1.54, 1.807) is 6.20 Å². The van der Waals surface area contributed by atoms with Gasteiger partial charge in [0.1, 0.15) is 0 Å². The molecular weight excluding hydrogens is 254 g/mol. The number of hydrogen-bond donors (Lipinski definition) is 1. The van der Waals surface area contributed by atoms with Gasteiger partial charge in [-0.3, -0.25) is 4.79 Å². The van der Waals surface area contributed by atoms with Gasteiger partial charge in [-0.2, -0.15) is 10.1 Å². The normalized spacial score (nSPS) is 17.1. The first-order valence-electron chi connectivity index (χ1n) is 6.29. The van der Waals surface area contributed by atoms with Crippen molar-refractivity contribution in [2.45, 2.75) is 6.92 Å². The molecule has 6 nitrogen and oxygen atoms in total. The third-order valence-corrected chi connectivity index (χ3v) is 3.03. The lowest BCUT2D eigenvalue weighted by molar-refractivity contribution is -0.114. The van der Waals surface area contributed by atoms with Crippen molar-refractivity contribution in [3.63, 3.8) is 0 Å². The Hall–Kier alpha value is -2.63. The average molecular weight is 269 g/mol. The second-order valence-corrected chi connectivity index (χ2v) is 4.89. The molecule has 2 heterocycles. The minimum Gasteiger partial charge on any atom is -0.383 e. The number of para-hydroxylation sites is 2. The lowest BCUT2D eigenvalue weighted by Crippen LogP contribution is -2.23. The van der Waals surface area contributed by atoms with Crippen molar-refractivity contribution >= 4 is 28.6 Å². The van der Waals surface area contributed by atoms with Crippen molar-refractivity contribution in [2.75, 3.05) is 19.1 Å². The molecule has 102 valence electrons. The number of H-pyrrole nitrogens is 1. The van der Waals surface area contributed by atoms with E-state index in [1.165, 1.54) is 5.01 Å². The molecule has 0 bridgehead atoms. The van der Waals surface area contributed by atoms with Crippen LogP contribution in [-0.2, 0) is 4.79 Å². The number of hydrogen-bond acceptors (Lipinski definition) is 4. The molecule has 0 saturated heterocycles. The van der Waals surface area contributed by atoms with E-state index in [-0.39, 0.29) is 5.91 Å². The summed E-state index contributed by atoms with van der Waals surface area (Å²) in [7, 11) is 3.74. The zero-order valence-corrected chi connectivity index (χ0v) is 11.6. The topological polar surface area (TPSA) is 64.6 Å². The number of carbonyl (C=O) groups is 1. The number of nitrogens with one attached hydrogen (secondary N) is 1. The van der Waals surface area contributed by atoms with Gasteiger partial charge in [0.15, 0.2) is 0 Å². The first-order chi connectivity index (χ1) is 9.56. The highest BCUT2D eigenvalue weighted by molar-refractivity contribution is 6.29. The maximum atomic E-state index is 12.4. The molecule has 6 heteroatoms. The van der Waals surface area contributed by atoms with Crippen molar-refractivity contribution in [3.8, 4) is 0 Å². The van der Waals surface area contributed by atoms with E-state index in [0.29, 0.717) is 17.2 Å². The van der Waals surface area contributed by atoms with Gasteiger partial charge in [-0.25, -0.2) is 4.98 Å². The van der Waals surface area contributed by atoms with Gasteiger partial charge in [0.05, 0.1) is 22.3 Å². The van der Waals surface area contributed by atoms with Crippen LogP contribution in [-0.4, -0.2) is 40.6 Å². The number of rotatable bonds is 2. The van der Waals surface area contributed by atoms with Crippen LogP contribution in [0.2, 0.25) is 0 Å². The number of benzene rings is 1. The second-order valence-electron chi connectivity index (χ2n) is 4.89. The minimum absolute atomic E-state index is 0.171. The maximum absolute atomic E-state index is 12.4. The molecule has 3 rings (SSSR count). The first kappa shape index (κ1) is 12.4. The summed E-state index contributed by atoms with van der Waals surface area (Å²) in [6.45, 7) is 1.82. The zero-order chi connectivity index (χ0) is 14.3. The largest absolute Gasteiger partial charge is 0.383 e. The minimum atomic E-state index is -0.171. The molecule has 0 saturated carbocycles. The number of nitrogens with zero attached hydrogens (tertiary/aromatic N) is 4. The van der Waals surface area contributed by atoms with Gasteiger partial charge < -0.3 is 9.88 Å². The van der Waals surface area contributed by atoms with Crippen molar-refractivity contribution in [1.82, 2.24) is 14.9 Å². The van der Waals surface area contributed by atoms with E-state index < -0.39 is 0 Å². The van der Waals surface area contributed by atoms with Crippen LogP contribution < -0.4 is 5.01 Å². The summed E-state index contributed by atoms with van der Waals surface area (Å²) in [4.78, 5) is 21.7. The van der Waals surface area contributed by atoms with Crippen LogP contribution in [0.4, 0.5) is 5.95 Å². The fraction of sp³-hybridized carbons (Fsp3) is 0.214. The lowest BCUT2D eigenvalue weighted by atomic mass is 10.2. The summed E-state index contributed by atoms with van der Waals surface area (Å²) in [6, 6.07) is 7.63. The molecule has 1 aliphatic heterocycles. The summed E-state index contributed by atoms with van der Waals surface area (Å²) < 4.78 is 0. The molecule has 0 radical (unpaired) electrons. The third-order valence-electron chi connectivity index (χ3n) is 3.03. The van der Waals surface area contributed by atoms with Crippen LogP contribution in [0.5, 0.6) is 0 Å². The molecule has 0 fully saturated rings. The number of hydrazone groups is 1. The quantitative estimate of drug-likeness (QED) is 0.844. The highest BCUT2D eigenvalue weighted by Crippen LogP contribution is 2.23. The zero-order valence-electron chi connectivity index (χ0n) is 11.6. The highest BCUT2D eigenvalue weighted by Gasteiger charge is 2.30. The van der Waals surface area contributed by atoms with E-state index >= 15 is 0 Å². The lowest BCUT2D eigenvalue weighted by Gasteiger charge is -2.08. The predicted molar refractivity (Wildman–Crippen MR) is 78.5 cm³/mol. The van der Waals surface area contributed by atoms with Crippen LogP contribution in [0.3, 0.4) is 0 Å². The summed E-state index contributed by atoms with van der Waals surface area (Å²) in [5, 5.41) is 5.59. The fourth-order valence-electron chi connectivity index (χ4n) is 2.11. The summed E-state index contributed by atoms with van der Waals surface area (Å²) in [6.07, 6.45) is 1.77. The Labute approximate surface area is 116 Å². The molecule has 1 aromatic heterocycles. The van der Waals surface area contributed by atoms with Gasteiger partial charge in [-0.15, -0.1) is 0 Å². The monoisotopic (exact) mass is 269 g/mol. The van der Waals surface area contributed by atoms with Gasteiger partial charge in [0.25, 0.3) is 5.91 Å². The molecule has 0 aliphatic carbocycles. The number of aromatic amines is 1. The number of carbonyl (C=O) groups excluding carboxylic acids is 1. The molecule has 20 heavy (non-hydrogen) atoms. The third kappa shape index (κ3) is 1.95. The van der Waals surface area contributed by atoms with Gasteiger partial charge >= 0.3 is 0 Å². The van der Waals surface area contributed by atoms with E-state index in [0.717, 1.165) is 11.0 Å². The Morgan fingerprint density at radius 1 is 1.30 bits per heavy atom. The van der Waals surface area contributed by atoms with Crippen LogP contribution in [0.1, 0.15) is 6.92 Å². The maximum Gasteiger partial charge on any atom is 0.284 e. The van der Waals surface area contributed by atoms with Crippen LogP contribution >= 0.6 is 0 Å². The standard InChI is InChI=1S/C14H15N5O/c1-9-10(8-18(2)3)13(20)19(17-9)14-15-11-6-4-5-7-12(11)16-14/h4-8H,1-3H3,(H,15,16)/b10-8-. The van der Waals surface area contributed by atoms with E-state index in [2.05, 4.69) is 15.1 Å². The van der Waals surface area contributed by atoms with Crippen molar-refractivity contribution in [2.24, 2.45) is 5.10 Å². The van der Waals surface area contributed by atoms with E-state index in [4.69, 9.17) is 0 Å². The Balaban J connectivity index is 2.01. The molecule has 1 amide bonds. The van der Waals surface area contributed by atoms with Crippen molar-refractivity contribution in [1.29, 1.82) is 0 Å². The smallest absolute Gasteiger partial charge is 0.284 e. The Bertz CT molecular complexity index is 708. The summed E-state index contributed by atoms with van der Waals surface area (Å²) >= 11 is 0. The highest BCUT2D eigenvalue weighted by atomic mass is 16.2. The Morgan fingerprint density at radius 2 is 2.05 bits per heavy atom. The fourth-order valence-corrected chi connectivity index (χ4v) is 2.11.